The molecule has 1 heteroatoms. The van der Waals surface area contributed by atoms with E-state index >= 15 is 0 Å². The average Bonchev–Trinajstić information content (AvgIpc) is 2.53. The van der Waals surface area contributed by atoms with Crippen LogP contribution in [0, 0.1) is 0 Å². The lowest BCUT2D eigenvalue weighted by atomic mass is 9.86. The molecule has 0 radical (unpaired) electrons. The molecule has 1 aromatic rings. The zero-order valence-electron chi connectivity index (χ0n) is 11.6. The topological polar surface area (TPSA) is 3.24 Å². The van der Waals surface area contributed by atoms with Crippen molar-refractivity contribution in [3.8, 4) is 0 Å². The first-order valence-electron chi connectivity index (χ1n) is 6.36. The summed E-state index contributed by atoms with van der Waals surface area (Å²) in [5.74, 6) is 0. The van der Waals surface area contributed by atoms with Gasteiger partial charge >= 0.3 is 0 Å². The van der Waals surface area contributed by atoms with Gasteiger partial charge in [0.25, 0.3) is 0 Å². The maximum absolute atomic E-state index is 2.24. The molecule has 0 aliphatic carbocycles. The van der Waals surface area contributed by atoms with Gasteiger partial charge in [0.15, 0.2) is 0 Å². The molecule has 1 heterocycles. The van der Waals surface area contributed by atoms with Crippen LogP contribution in [0.5, 0.6) is 0 Å². The molecule has 0 aromatic heterocycles. The van der Waals surface area contributed by atoms with Gasteiger partial charge in [-0.25, -0.2) is 0 Å². The summed E-state index contributed by atoms with van der Waals surface area (Å²) in [7, 11) is 2.03. The highest BCUT2D eigenvalue weighted by Crippen LogP contribution is 2.25. The molecule has 0 unspecified atom stereocenters. The minimum Gasteiger partial charge on any atom is -0.357 e. The highest BCUT2D eigenvalue weighted by Gasteiger charge is 2.13. The van der Waals surface area contributed by atoms with Crippen LogP contribution < -0.4 is 0 Å². The van der Waals surface area contributed by atoms with Crippen molar-refractivity contribution in [2.24, 2.45) is 0 Å². The van der Waals surface area contributed by atoms with Gasteiger partial charge in [-0.3, -0.25) is 0 Å². The Morgan fingerprint density at radius 2 is 1.61 bits per heavy atom. The molecule has 1 nitrogen and oxygen atoms in total. The van der Waals surface area contributed by atoms with E-state index in [1.165, 1.54) is 16.7 Å². The molecule has 0 bridgehead atoms. The minimum absolute atomic E-state index is 0.215. The van der Waals surface area contributed by atoms with Crippen molar-refractivity contribution in [3.05, 3.63) is 66.0 Å². The van der Waals surface area contributed by atoms with E-state index in [-0.39, 0.29) is 5.41 Å². The summed E-state index contributed by atoms with van der Waals surface area (Å²) >= 11 is 0. The van der Waals surface area contributed by atoms with Crippen molar-refractivity contribution >= 4 is 5.57 Å². The van der Waals surface area contributed by atoms with E-state index in [1.807, 2.05) is 18.1 Å². The van der Waals surface area contributed by atoms with Crippen molar-refractivity contribution < 1.29 is 0 Å². The van der Waals surface area contributed by atoms with Crippen LogP contribution in [0.3, 0.4) is 0 Å². The largest absolute Gasteiger partial charge is 0.357 e. The summed E-state index contributed by atoms with van der Waals surface area (Å²) in [6.07, 6.45) is 10.5. The summed E-state index contributed by atoms with van der Waals surface area (Å²) in [4.78, 5) is 2.05. The fourth-order valence-electron chi connectivity index (χ4n) is 1.94. The Bertz CT molecular complexity index is 495. The quantitative estimate of drug-likeness (QED) is 0.704. The maximum Gasteiger partial charge on any atom is 0.0106 e. The summed E-state index contributed by atoms with van der Waals surface area (Å²) in [5, 5.41) is 0. The Kier molecular flexibility index (Phi) is 3.42. The van der Waals surface area contributed by atoms with Crippen LogP contribution in [0.4, 0.5) is 0 Å². The normalized spacial score (nSPS) is 15.6. The molecule has 18 heavy (non-hydrogen) atoms. The number of rotatable bonds is 1. The molecule has 0 atom stereocenters. The second kappa shape index (κ2) is 4.85. The Balaban J connectivity index is 2.28. The van der Waals surface area contributed by atoms with Gasteiger partial charge in [-0.05, 0) is 34.3 Å². The summed E-state index contributed by atoms with van der Waals surface area (Å²) < 4.78 is 0. The Hall–Kier alpha value is -1.76. The fourth-order valence-corrected chi connectivity index (χ4v) is 1.94. The standard InChI is InChI=1S/C17H21N/c1-17(2,3)16-9-7-15(8-10-16)14-6-5-12-18(4)13-11-14/h5-13H,1-4H3. The van der Waals surface area contributed by atoms with Crippen LogP contribution >= 0.6 is 0 Å². The van der Waals surface area contributed by atoms with Crippen molar-refractivity contribution in [1.82, 2.24) is 4.90 Å². The highest BCUT2D eigenvalue weighted by atomic mass is 15.0. The van der Waals surface area contributed by atoms with Crippen molar-refractivity contribution in [3.63, 3.8) is 0 Å². The van der Waals surface area contributed by atoms with Gasteiger partial charge in [0.1, 0.15) is 0 Å². The molecule has 0 fully saturated rings. The van der Waals surface area contributed by atoms with Crippen LogP contribution in [0.2, 0.25) is 0 Å². The van der Waals surface area contributed by atoms with Gasteiger partial charge in [0.2, 0.25) is 0 Å². The molecule has 0 N–H and O–H groups in total. The van der Waals surface area contributed by atoms with E-state index in [4.69, 9.17) is 0 Å². The second-order valence-corrected chi connectivity index (χ2v) is 5.77. The van der Waals surface area contributed by atoms with Gasteiger partial charge in [-0.2, -0.15) is 0 Å². The van der Waals surface area contributed by atoms with Gasteiger partial charge < -0.3 is 4.90 Å². The molecule has 94 valence electrons. The number of nitrogens with zero attached hydrogens (tertiary/aromatic N) is 1. The first-order chi connectivity index (χ1) is 8.47. The lowest BCUT2D eigenvalue weighted by Gasteiger charge is -2.19. The van der Waals surface area contributed by atoms with Crippen LogP contribution in [-0.4, -0.2) is 11.9 Å². The van der Waals surface area contributed by atoms with E-state index in [1.54, 1.807) is 0 Å². The fraction of sp³-hybridized carbons (Fsp3) is 0.294. The molecule has 0 amide bonds. The van der Waals surface area contributed by atoms with E-state index < -0.39 is 0 Å². The van der Waals surface area contributed by atoms with Crippen molar-refractivity contribution in [2.45, 2.75) is 26.2 Å². The third kappa shape index (κ3) is 2.92. The molecule has 0 saturated carbocycles. The zero-order chi connectivity index (χ0) is 13.2. The van der Waals surface area contributed by atoms with E-state index in [0.717, 1.165) is 0 Å². The second-order valence-electron chi connectivity index (χ2n) is 5.77. The SMILES string of the molecule is CN1C=CC=C(c2ccc(C(C)(C)C)cc2)C=C1. The van der Waals surface area contributed by atoms with Gasteiger partial charge in [0.05, 0.1) is 0 Å². The predicted octanol–water partition coefficient (Wildman–Crippen LogP) is 4.34. The van der Waals surface area contributed by atoms with Crippen LogP contribution in [0.15, 0.2) is 54.9 Å². The average molecular weight is 239 g/mol. The molecule has 0 spiro atoms. The molecule has 1 aliphatic heterocycles. The Morgan fingerprint density at radius 3 is 2.22 bits per heavy atom. The van der Waals surface area contributed by atoms with Gasteiger partial charge in [-0.1, -0.05) is 51.1 Å². The van der Waals surface area contributed by atoms with Gasteiger partial charge in [-0.15, -0.1) is 0 Å². The molecular weight excluding hydrogens is 218 g/mol. The van der Waals surface area contributed by atoms with Crippen LogP contribution in [-0.2, 0) is 5.41 Å². The van der Waals surface area contributed by atoms with E-state index in [9.17, 15) is 0 Å². The number of allylic oxidation sites excluding steroid dienone is 4. The first kappa shape index (κ1) is 12.7. The number of hydrogen-bond acceptors (Lipinski definition) is 1. The first-order valence-corrected chi connectivity index (χ1v) is 6.36. The lowest BCUT2D eigenvalue weighted by Crippen LogP contribution is -2.10. The monoisotopic (exact) mass is 239 g/mol. The molecule has 1 aromatic carbocycles. The third-order valence-corrected chi connectivity index (χ3v) is 3.17. The molecular formula is C17H21N. The molecule has 2 rings (SSSR count). The molecule has 1 aliphatic rings. The smallest absolute Gasteiger partial charge is 0.0106 e. The Labute approximate surface area is 110 Å². The summed E-state index contributed by atoms with van der Waals surface area (Å²) in [6.45, 7) is 6.72. The van der Waals surface area contributed by atoms with E-state index in [0.29, 0.717) is 0 Å². The highest BCUT2D eigenvalue weighted by molar-refractivity contribution is 5.75. The van der Waals surface area contributed by atoms with Crippen molar-refractivity contribution in [2.75, 3.05) is 7.05 Å². The zero-order valence-corrected chi connectivity index (χ0v) is 11.6. The number of hydrogen-bond donors (Lipinski definition) is 0. The van der Waals surface area contributed by atoms with Crippen LogP contribution in [0.25, 0.3) is 5.57 Å². The maximum atomic E-state index is 2.24. The molecule has 0 saturated heterocycles. The third-order valence-electron chi connectivity index (χ3n) is 3.17. The Morgan fingerprint density at radius 1 is 0.944 bits per heavy atom. The number of benzene rings is 1. The van der Waals surface area contributed by atoms with Gasteiger partial charge in [0, 0.05) is 19.4 Å². The summed E-state index contributed by atoms with van der Waals surface area (Å²) in [6, 6.07) is 8.86. The lowest BCUT2D eigenvalue weighted by molar-refractivity contribution is 0.590. The predicted molar refractivity (Wildman–Crippen MR) is 79.2 cm³/mol. The van der Waals surface area contributed by atoms with E-state index in [2.05, 4.69) is 69.5 Å². The minimum atomic E-state index is 0.215. The van der Waals surface area contributed by atoms with Crippen molar-refractivity contribution in [1.29, 1.82) is 0 Å². The summed E-state index contributed by atoms with van der Waals surface area (Å²) in [5.41, 5.74) is 4.10. The van der Waals surface area contributed by atoms with Crippen LogP contribution in [0.1, 0.15) is 31.9 Å².